The zero-order valence-corrected chi connectivity index (χ0v) is 11.6. The van der Waals surface area contributed by atoms with Gasteiger partial charge in [-0.2, -0.15) is 0 Å². The first-order valence-corrected chi connectivity index (χ1v) is 7.16. The number of ether oxygens (including phenoxy) is 1. The highest BCUT2D eigenvalue weighted by Crippen LogP contribution is 2.30. The SMILES string of the molecule is CC(C)COCCCNC1CCc2ccccc21. The number of hydrogen-bond acceptors (Lipinski definition) is 2. The molecule has 0 radical (unpaired) electrons. The van der Waals surface area contributed by atoms with Crippen LogP contribution in [0, 0.1) is 5.92 Å². The molecule has 1 N–H and O–H groups in total. The van der Waals surface area contributed by atoms with Crippen LogP contribution in [0.4, 0.5) is 0 Å². The minimum Gasteiger partial charge on any atom is -0.381 e. The number of rotatable bonds is 7. The van der Waals surface area contributed by atoms with Gasteiger partial charge in [-0.15, -0.1) is 0 Å². The number of hydrogen-bond donors (Lipinski definition) is 1. The monoisotopic (exact) mass is 247 g/mol. The van der Waals surface area contributed by atoms with E-state index in [9.17, 15) is 0 Å². The molecule has 1 unspecified atom stereocenters. The molecule has 0 heterocycles. The van der Waals surface area contributed by atoms with Crippen LogP contribution in [0.2, 0.25) is 0 Å². The first-order valence-electron chi connectivity index (χ1n) is 7.16. The molecule has 1 aliphatic carbocycles. The van der Waals surface area contributed by atoms with E-state index >= 15 is 0 Å². The molecule has 2 nitrogen and oxygen atoms in total. The van der Waals surface area contributed by atoms with E-state index < -0.39 is 0 Å². The Labute approximate surface area is 111 Å². The average Bonchev–Trinajstić information content (AvgIpc) is 2.77. The highest BCUT2D eigenvalue weighted by molar-refractivity contribution is 5.34. The highest BCUT2D eigenvalue weighted by Gasteiger charge is 2.20. The van der Waals surface area contributed by atoms with E-state index in [1.807, 2.05) is 0 Å². The summed E-state index contributed by atoms with van der Waals surface area (Å²) >= 11 is 0. The fourth-order valence-electron chi connectivity index (χ4n) is 2.54. The van der Waals surface area contributed by atoms with Crippen molar-refractivity contribution in [2.24, 2.45) is 5.92 Å². The number of nitrogens with one attached hydrogen (secondary N) is 1. The Morgan fingerprint density at radius 3 is 3.00 bits per heavy atom. The summed E-state index contributed by atoms with van der Waals surface area (Å²) in [5.74, 6) is 0.639. The van der Waals surface area contributed by atoms with Gasteiger partial charge in [-0.1, -0.05) is 38.1 Å². The van der Waals surface area contributed by atoms with Crippen molar-refractivity contribution in [1.82, 2.24) is 5.32 Å². The number of aryl methyl sites for hydroxylation is 1. The molecule has 0 saturated heterocycles. The Balaban J connectivity index is 1.64. The molecule has 0 fully saturated rings. The Morgan fingerprint density at radius 2 is 2.17 bits per heavy atom. The van der Waals surface area contributed by atoms with Gasteiger partial charge in [0.15, 0.2) is 0 Å². The molecule has 18 heavy (non-hydrogen) atoms. The number of benzene rings is 1. The Kier molecular flexibility index (Phi) is 5.21. The number of fused-ring (bicyclic) bond motifs is 1. The fraction of sp³-hybridized carbons (Fsp3) is 0.625. The van der Waals surface area contributed by atoms with E-state index in [-0.39, 0.29) is 0 Å². The minimum absolute atomic E-state index is 0.561. The molecule has 2 heteroatoms. The van der Waals surface area contributed by atoms with Crippen LogP contribution in [0.3, 0.4) is 0 Å². The summed E-state index contributed by atoms with van der Waals surface area (Å²) in [6, 6.07) is 9.36. The lowest BCUT2D eigenvalue weighted by Gasteiger charge is -2.14. The molecule has 100 valence electrons. The van der Waals surface area contributed by atoms with Crippen molar-refractivity contribution in [2.45, 2.75) is 39.2 Å². The van der Waals surface area contributed by atoms with Crippen LogP contribution in [0.1, 0.15) is 43.9 Å². The van der Waals surface area contributed by atoms with Crippen molar-refractivity contribution in [2.75, 3.05) is 19.8 Å². The van der Waals surface area contributed by atoms with Gasteiger partial charge in [0.2, 0.25) is 0 Å². The van der Waals surface area contributed by atoms with E-state index in [4.69, 9.17) is 4.74 Å². The lowest BCUT2D eigenvalue weighted by molar-refractivity contribution is 0.107. The molecule has 0 aromatic heterocycles. The van der Waals surface area contributed by atoms with Crippen molar-refractivity contribution >= 4 is 0 Å². The van der Waals surface area contributed by atoms with Gasteiger partial charge in [0, 0.05) is 19.3 Å². The van der Waals surface area contributed by atoms with Crippen molar-refractivity contribution in [3.8, 4) is 0 Å². The third kappa shape index (κ3) is 3.82. The first kappa shape index (κ1) is 13.6. The summed E-state index contributed by atoms with van der Waals surface area (Å²) in [4.78, 5) is 0. The van der Waals surface area contributed by atoms with Crippen LogP contribution in [0.5, 0.6) is 0 Å². The normalized spacial score (nSPS) is 18.3. The summed E-state index contributed by atoms with van der Waals surface area (Å²) in [5, 5.41) is 3.65. The van der Waals surface area contributed by atoms with Crippen LogP contribution in [0.25, 0.3) is 0 Å². The lowest BCUT2D eigenvalue weighted by atomic mass is 10.1. The smallest absolute Gasteiger partial charge is 0.0489 e. The Hall–Kier alpha value is -0.860. The summed E-state index contributed by atoms with van der Waals surface area (Å²) in [5.41, 5.74) is 3.02. The summed E-state index contributed by atoms with van der Waals surface area (Å²) in [7, 11) is 0. The van der Waals surface area contributed by atoms with E-state index in [1.165, 1.54) is 24.0 Å². The second-order valence-electron chi connectivity index (χ2n) is 5.57. The topological polar surface area (TPSA) is 21.3 Å². The Bertz CT molecular complexity index is 362. The van der Waals surface area contributed by atoms with E-state index in [2.05, 4.69) is 43.4 Å². The molecular formula is C16H25NO. The van der Waals surface area contributed by atoms with Gasteiger partial charge in [-0.25, -0.2) is 0 Å². The third-order valence-corrected chi connectivity index (χ3v) is 3.44. The molecule has 0 amide bonds. The molecule has 0 aliphatic heterocycles. The van der Waals surface area contributed by atoms with Crippen LogP contribution >= 0.6 is 0 Å². The minimum atomic E-state index is 0.561. The molecule has 2 rings (SSSR count). The van der Waals surface area contributed by atoms with Crippen LogP contribution < -0.4 is 5.32 Å². The van der Waals surface area contributed by atoms with Crippen LogP contribution in [-0.4, -0.2) is 19.8 Å². The van der Waals surface area contributed by atoms with Crippen molar-refractivity contribution in [3.05, 3.63) is 35.4 Å². The van der Waals surface area contributed by atoms with E-state index in [0.29, 0.717) is 12.0 Å². The third-order valence-electron chi connectivity index (χ3n) is 3.44. The molecule has 1 aliphatic rings. The van der Waals surface area contributed by atoms with Crippen LogP contribution in [0.15, 0.2) is 24.3 Å². The first-order chi connectivity index (χ1) is 8.77. The lowest BCUT2D eigenvalue weighted by Crippen LogP contribution is -2.21. The van der Waals surface area contributed by atoms with Gasteiger partial charge >= 0.3 is 0 Å². The maximum atomic E-state index is 5.59. The van der Waals surface area contributed by atoms with Crippen molar-refractivity contribution < 1.29 is 4.74 Å². The molecule has 0 bridgehead atoms. The highest BCUT2D eigenvalue weighted by atomic mass is 16.5. The average molecular weight is 247 g/mol. The van der Waals surface area contributed by atoms with Crippen molar-refractivity contribution in [1.29, 1.82) is 0 Å². The van der Waals surface area contributed by atoms with Gasteiger partial charge in [-0.05, 0) is 42.9 Å². The van der Waals surface area contributed by atoms with Gasteiger partial charge in [-0.3, -0.25) is 0 Å². The Morgan fingerprint density at radius 1 is 1.33 bits per heavy atom. The largest absolute Gasteiger partial charge is 0.381 e. The molecule has 0 spiro atoms. The van der Waals surface area contributed by atoms with E-state index in [0.717, 1.165) is 26.2 Å². The standard InChI is InChI=1S/C16H25NO/c1-13(2)12-18-11-5-10-17-16-9-8-14-6-3-4-7-15(14)16/h3-4,6-7,13,16-17H,5,8-12H2,1-2H3. The van der Waals surface area contributed by atoms with Crippen LogP contribution in [-0.2, 0) is 11.2 Å². The second-order valence-corrected chi connectivity index (χ2v) is 5.57. The van der Waals surface area contributed by atoms with Gasteiger partial charge in [0.1, 0.15) is 0 Å². The summed E-state index contributed by atoms with van der Waals surface area (Å²) < 4.78 is 5.59. The zero-order chi connectivity index (χ0) is 12.8. The van der Waals surface area contributed by atoms with Crippen molar-refractivity contribution in [3.63, 3.8) is 0 Å². The maximum Gasteiger partial charge on any atom is 0.0489 e. The fourth-order valence-corrected chi connectivity index (χ4v) is 2.54. The molecule has 1 atom stereocenters. The summed E-state index contributed by atoms with van der Waals surface area (Å²) in [6.45, 7) is 7.18. The predicted molar refractivity (Wildman–Crippen MR) is 75.8 cm³/mol. The van der Waals surface area contributed by atoms with Gasteiger partial charge in [0.05, 0.1) is 0 Å². The second kappa shape index (κ2) is 6.91. The zero-order valence-electron chi connectivity index (χ0n) is 11.6. The molecule has 1 aromatic rings. The summed E-state index contributed by atoms with van der Waals surface area (Å²) in [6.07, 6.45) is 3.56. The van der Waals surface area contributed by atoms with Gasteiger partial charge < -0.3 is 10.1 Å². The molecular weight excluding hydrogens is 222 g/mol. The predicted octanol–water partition coefficient (Wildman–Crippen LogP) is 3.33. The maximum absolute atomic E-state index is 5.59. The quantitative estimate of drug-likeness (QED) is 0.746. The van der Waals surface area contributed by atoms with Gasteiger partial charge in [0.25, 0.3) is 0 Å². The molecule has 0 saturated carbocycles. The van der Waals surface area contributed by atoms with E-state index in [1.54, 1.807) is 0 Å². The molecule has 1 aromatic carbocycles.